The molecule has 4 nitrogen and oxygen atoms in total. The van der Waals surface area contributed by atoms with Gasteiger partial charge in [0.05, 0.1) is 0 Å². The first-order valence-corrected chi connectivity index (χ1v) is 8.41. The molecule has 2 heterocycles. The van der Waals surface area contributed by atoms with E-state index in [-0.39, 0.29) is 5.43 Å². The average Bonchev–Trinajstić information content (AvgIpc) is 2.63. The van der Waals surface area contributed by atoms with Crippen LogP contribution in [-0.2, 0) is 6.54 Å². The summed E-state index contributed by atoms with van der Waals surface area (Å²) in [5.74, 6) is 0. The van der Waals surface area contributed by atoms with Crippen molar-refractivity contribution in [1.82, 2.24) is 15.2 Å². The first kappa shape index (κ1) is 15.1. The summed E-state index contributed by atoms with van der Waals surface area (Å²) in [6.07, 6.45) is 0. The number of nitrogens with zero attached hydrogens (tertiary/aromatic N) is 1. The molecular formula is C20H21N3O. The van der Waals surface area contributed by atoms with E-state index in [1.54, 1.807) is 6.07 Å². The van der Waals surface area contributed by atoms with E-state index in [1.807, 2.05) is 30.3 Å². The van der Waals surface area contributed by atoms with Crippen LogP contribution in [0.4, 0.5) is 0 Å². The number of H-pyrrole nitrogens is 1. The van der Waals surface area contributed by atoms with Crippen LogP contribution >= 0.6 is 0 Å². The van der Waals surface area contributed by atoms with Crippen molar-refractivity contribution in [1.29, 1.82) is 0 Å². The van der Waals surface area contributed by atoms with Crippen LogP contribution in [0.25, 0.3) is 10.9 Å². The standard InChI is InChI=1S/C20H21N3O/c24-20-12-16(22-18-9-5-4-8-17(18)20)13-23-11-10-21-19(14-23)15-6-2-1-3-7-15/h1-9,12,19,21H,10-11,13-14H2,(H,22,24). The molecule has 24 heavy (non-hydrogen) atoms. The fraction of sp³-hybridized carbons (Fsp3) is 0.250. The molecule has 1 fully saturated rings. The van der Waals surface area contributed by atoms with Gasteiger partial charge in [-0.2, -0.15) is 0 Å². The Morgan fingerprint density at radius 1 is 1.04 bits per heavy atom. The first-order valence-electron chi connectivity index (χ1n) is 8.41. The Labute approximate surface area is 141 Å². The molecule has 0 radical (unpaired) electrons. The van der Waals surface area contributed by atoms with Crippen molar-refractivity contribution in [3.63, 3.8) is 0 Å². The number of hydrogen-bond donors (Lipinski definition) is 2. The van der Waals surface area contributed by atoms with Crippen molar-refractivity contribution in [3.8, 4) is 0 Å². The average molecular weight is 319 g/mol. The van der Waals surface area contributed by atoms with Crippen LogP contribution in [0.1, 0.15) is 17.3 Å². The minimum Gasteiger partial charge on any atom is -0.357 e. The van der Waals surface area contributed by atoms with E-state index in [1.165, 1.54) is 5.56 Å². The van der Waals surface area contributed by atoms with Crippen LogP contribution in [0.2, 0.25) is 0 Å². The van der Waals surface area contributed by atoms with Gasteiger partial charge in [0.1, 0.15) is 0 Å². The van der Waals surface area contributed by atoms with Crippen molar-refractivity contribution in [3.05, 3.63) is 82.1 Å². The Morgan fingerprint density at radius 2 is 1.83 bits per heavy atom. The smallest absolute Gasteiger partial charge is 0.189 e. The molecule has 4 heteroatoms. The number of aromatic amines is 1. The molecule has 1 saturated heterocycles. The van der Waals surface area contributed by atoms with Gasteiger partial charge in [0.25, 0.3) is 0 Å². The van der Waals surface area contributed by atoms with E-state index in [9.17, 15) is 4.79 Å². The Bertz CT molecular complexity index is 888. The summed E-state index contributed by atoms with van der Waals surface area (Å²) in [7, 11) is 0. The summed E-state index contributed by atoms with van der Waals surface area (Å²) in [4.78, 5) is 18.1. The molecule has 0 saturated carbocycles. The van der Waals surface area contributed by atoms with Crippen LogP contribution in [0, 0.1) is 0 Å². The van der Waals surface area contributed by atoms with Gasteiger partial charge in [0, 0.05) is 54.9 Å². The number of fused-ring (bicyclic) bond motifs is 1. The van der Waals surface area contributed by atoms with Gasteiger partial charge in [-0.3, -0.25) is 9.69 Å². The molecule has 1 unspecified atom stereocenters. The summed E-state index contributed by atoms with van der Waals surface area (Å²) in [5.41, 5.74) is 3.30. The molecule has 2 aromatic carbocycles. The molecule has 1 aliphatic heterocycles. The predicted molar refractivity (Wildman–Crippen MR) is 97.0 cm³/mol. The van der Waals surface area contributed by atoms with Gasteiger partial charge in [-0.15, -0.1) is 0 Å². The fourth-order valence-corrected chi connectivity index (χ4v) is 3.44. The van der Waals surface area contributed by atoms with E-state index < -0.39 is 0 Å². The highest BCUT2D eigenvalue weighted by Crippen LogP contribution is 2.18. The zero-order valence-corrected chi connectivity index (χ0v) is 13.5. The summed E-state index contributed by atoms with van der Waals surface area (Å²) in [5, 5.41) is 4.33. The summed E-state index contributed by atoms with van der Waals surface area (Å²) in [6, 6.07) is 20.3. The molecule has 1 aliphatic rings. The highest BCUT2D eigenvalue weighted by molar-refractivity contribution is 5.78. The normalized spacial score (nSPS) is 18.8. The molecule has 3 aromatic rings. The monoisotopic (exact) mass is 319 g/mol. The topological polar surface area (TPSA) is 48.1 Å². The third-order valence-electron chi connectivity index (χ3n) is 4.65. The first-order chi connectivity index (χ1) is 11.8. The van der Waals surface area contributed by atoms with Gasteiger partial charge in [0.15, 0.2) is 5.43 Å². The zero-order chi connectivity index (χ0) is 16.4. The van der Waals surface area contributed by atoms with Gasteiger partial charge in [0.2, 0.25) is 0 Å². The molecule has 0 aliphatic carbocycles. The molecule has 0 amide bonds. The lowest BCUT2D eigenvalue weighted by atomic mass is 10.0. The Morgan fingerprint density at radius 3 is 2.71 bits per heavy atom. The summed E-state index contributed by atoms with van der Waals surface area (Å²) < 4.78 is 0. The number of benzene rings is 2. The van der Waals surface area contributed by atoms with Crippen molar-refractivity contribution >= 4 is 10.9 Å². The third kappa shape index (κ3) is 3.11. The summed E-state index contributed by atoms with van der Waals surface area (Å²) >= 11 is 0. The number of aromatic nitrogens is 1. The molecule has 0 spiro atoms. The van der Waals surface area contributed by atoms with Crippen molar-refractivity contribution in [2.45, 2.75) is 12.6 Å². The SMILES string of the molecule is O=c1cc(CN2CCNC(c3ccccc3)C2)[nH]c2ccccc12. The molecule has 4 rings (SSSR count). The van der Waals surface area contributed by atoms with Gasteiger partial charge in [-0.05, 0) is 17.7 Å². The second-order valence-electron chi connectivity index (χ2n) is 6.36. The second kappa shape index (κ2) is 6.59. The van der Waals surface area contributed by atoms with Gasteiger partial charge >= 0.3 is 0 Å². The van der Waals surface area contributed by atoms with E-state index in [0.717, 1.165) is 42.8 Å². The quantitative estimate of drug-likeness (QED) is 0.780. The lowest BCUT2D eigenvalue weighted by Crippen LogP contribution is -2.45. The van der Waals surface area contributed by atoms with E-state index in [0.29, 0.717) is 6.04 Å². The predicted octanol–water partition coefficient (Wildman–Crippen LogP) is 2.67. The Balaban J connectivity index is 1.54. The number of pyridine rings is 1. The zero-order valence-electron chi connectivity index (χ0n) is 13.5. The van der Waals surface area contributed by atoms with Gasteiger partial charge in [-0.25, -0.2) is 0 Å². The van der Waals surface area contributed by atoms with Crippen LogP contribution in [0.3, 0.4) is 0 Å². The largest absolute Gasteiger partial charge is 0.357 e. The maximum absolute atomic E-state index is 12.3. The minimum absolute atomic E-state index is 0.0918. The number of rotatable bonds is 3. The molecule has 2 N–H and O–H groups in total. The van der Waals surface area contributed by atoms with E-state index in [4.69, 9.17) is 0 Å². The lowest BCUT2D eigenvalue weighted by molar-refractivity contribution is 0.191. The van der Waals surface area contributed by atoms with Crippen LogP contribution in [0.15, 0.2) is 65.5 Å². The number of piperazine rings is 1. The van der Waals surface area contributed by atoms with Crippen LogP contribution in [-0.4, -0.2) is 29.5 Å². The molecule has 1 aromatic heterocycles. The molecule has 0 bridgehead atoms. The second-order valence-corrected chi connectivity index (χ2v) is 6.36. The number of nitrogens with one attached hydrogen (secondary N) is 2. The number of para-hydroxylation sites is 1. The lowest BCUT2D eigenvalue weighted by Gasteiger charge is -2.33. The van der Waals surface area contributed by atoms with Crippen molar-refractivity contribution < 1.29 is 0 Å². The van der Waals surface area contributed by atoms with Crippen LogP contribution in [0.5, 0.6) is 0 Å². The number of hydrogen-bond acceptors (Lipinski definition) is 3. The third-order valence-corrected chi connectivity index (χ3v) is 4.65. The Kier molecular flexibility index (Phi) is 4.15. The molecule has 122 valence electrons. The van der Waals surface area contributed by atoms with Gasteiger partial charge < -0.3 is 10.3 Å². The Hall–Kier alpha value is -2.43. The maximum atomic E-state index is 12.3. The summed E-state index contributed by atoms with van der Waals surface area (Å²) in [6.45, 7) is 3.65. The molecule has 1 atom stereocenters. The van der Waals surface area contributed by atoms with Crippen LogP contribution < -0.4 is 10.7 Å². The maximum Gasteiger partial charge on any atom is 0.189 e. The highest BCUT2D eigenvalue weighted by atomic mass is 16.1. The fourth-order valence-electron chi connectivity index (χ4n) is 3.44. The minimum atomic E-state index is 0.0918. The highest BCUT2D eigenvalue weighted by Gasteiger charge is 2.20. The van der Waals surface area contributed by atoms with Crippen molar-refractivity contribution in [2.75, 3.05) is 19.6 Å². The van der Waals surface area contributed by atoms with E-state index in [2.05, 4.69) is 39.5 Å². The van der Waals surface area contributed by atoms with Gasteiger partial charge in [-0.1, -0.05) is 42.5 Å². The van der Waals surface area contributed by atoms with E-state index >= 15 is 0 Å². The van der Waals surface area contributed by atoms with Crippen molar-refractivity contribution in [2.24, 2.45) is 0 Å². The molecular weight excluding hydrogens is 298 g/mol.